The summed E-state index contributed by atoms with van der Waals surface area (Å²) < 4.78 is 5.56. The molecule has 1 N–H and O–H groups in total. The van der Waals surface area contributed by atoms with Gasteiger partial charge in [-0.1, -0.05) is 36.8 Å². The Kier molecular flexibility index (Phi) is 8.41. The molecule has 0 bridgehead atoms. The molecule has 6 heteroatoms. The van der Waals surface area contributed by atoms with Crippen LogP contribution in [-0.4, -0.2) is 61.3 Å². The summed E-state index contributed by atoms with van der Waals surface area (Å²) >= 11 is 0. The normalized spacial score (nSPS) is 15.4. The molecule has 2 aromatic carbocycles. The molecule has 0 atom stereocenters. The molecule has 0 spiro atoms. The molecule has 160 valence electrons. The van der Waals surface area contributed by atoms with Gasteiger partial charge in [-0.3, -0.25) is 14.6 Å². The molecule has 0 aliphatic carbocycles. The first-order valence-corrected chi connectivity index (χ1v) is 10.7. The van der Waals surface area contributed by atoms with Crippen LogP contribution in [0.2, 0.25) is 0 Å². The molecule has 1 fully saturated rings. The lowest BCUT2D eigenvalue weighted by molar-refractivity contribution is -0.122. The maximum absolute atomic E-state index is 12.2. The number of hydrogen-bond acceptors (Lipinski definition) is 5. The summed E-state index contributed by atoms with van der Waals surface area (Å²) in [6.07, 6.45) is 2.64. The molecule has 1 saturated heterocycles. The van der Waals surface area contributed by atoms with Crippen LogP contribution in [0.15, 0.2) is 53.6 Å². The van der Waals surface area contributed by atoms with Gasteiger partial charge < -0.3 is 4.74 Å². The van der Waals surface area contributed by atoms with Crippen molar-refractivity contribution in [1.29, 1.82) is 0 Å². The highest BCUT2D eigenvalue weighted by molar-refractivity contribution is 5.83. The molecular weight excluding hydrogens is 376 g/mol. The number of nitrogens with zero attached hydrogens (tertiary/aromatic N) is 3. The zero-order valence-corrected chi connectivity index (χ0v) is 18.0. The van der Waals surface area contributed by atoms with Crippen molar-refractivity contribution in [3.63, 3.8) is 0 Å². The zero-order valence-electron chi connectivity index (χ0n) is 18.0. The second-order valence-corrected chi connectivity index (χ2v) is 7.75. The van der Waals surface area contributed by atoms with Crippen LogP contribution < -0.4 is 10.2 Å². The maximum Gasteiger partial charge on any atom is 0.254 e. The number of aryl methyl sites for hydroxylation is 1. The van der Waals surface area contributed by atoms with Crippen LogP contribution in [0.25, 0.3) is 0 Å². The second kappa shape index (κ2) is 11.5. The third-order valence-corrected chi connectivity index (χ3v) is 5.11. The molecule has 0 radical (unpaired) electrons. The van der Waals surface area contributed by atoms with E-state index in [0.717, 1.165) is 50.5 Å². The number of hydrogen-bond donors (Lipinski definition) is 1. The van der Waals surface area contributed by atoms with Crippen LogP contribution in [0, 0.1) is 6.92 Å². The summed E-state index contributed by atoms with van der Waals surface area (Å²) in [5.74, 6) is 0.765. The Bertz CT molecular complexity index is 810. The summed E-state index contributed by atoms with van der Waals surface area (Å²) in [7, 11) is 0. The first-order chi connectivity index (χ1) is 14.6. The Morgan fingerprint density at radius 2 is 1.70 bits per heavy atom. The summed E-state index contributed by atoms with van der Waals surface area (Å²) in [4.78, 5) is 16.8. The minimum Gasteiger partial charge on any atom is -0.494 e. The highest BCUT2D eigenvalue weighted by Crippen LogP contribution is 2.11. The molecule has 0 aromatic heterocycles. The van der Waals surface area contributed by atoms with Gasteiger partial charge in [-0.15, -0.1) is 0 Å². The fraction of sp³-hybridized carbons (Fsp3) is 0.417. The second-order valence-electron chi connectivity index (χ2n) is 7.75. The number of hydrazone groups is 1. The van der Waals surface area contributed by atoms with Crippen molar-refractivity contribution in [3.8, 4) is 5.75 Å². The molecule has 1 aliphatic rings. The first kappa shape index (κ1) is 22.0. The molecule has 1 aliphatic heterocycles. The predicted octanol–water partition coefficient (Wildman–Crippen LogP) is 3.05. The van der Waals surface area contributed by atoms with E-state index in [1.807, 2.05) is 24.3 Å². The Morgan fingerprint density at radius 1 is 1.03 bits per heavy atom. The highest BCUT2D eigenvalue weighted by Gasteiger charge is 2.18. The maximum atomic E-state index is 12.2. The van der Waals surface area contributed by atoms with E-state index in [1.165, 1.54) is 11.1 Å². The largest absolute Gasteiger partial charge is 0.494 e. The van der Waals surface area contributed by atoms with Crippen LogP contribution in [-0.2, 0) is 11.3 Å². The highest BCUT2D eigenvalue weighted by atomic mass is 16.5. The van der Waals surface area contributed by atoms with Crippen molar-refractivity contribution < 1.29 is 9.53 Å². The van der Waals surface area contributed by atoms with Crippen LogP contribution in [0.1, 0.15) is 30.0 Å². The van der Waals surface area contributed by atoms with Crippen molar-refractivity contribution >= 4 is 12.1 Å². The summed E-state index contributed by atoms with van der Waals surface area (Å²) in [6.45, 7) is 9.96. The Labute approximate surface area is 179 Å². The zero-order chi connectivity index (χ0) is 21.2. The predicted molar refractivity (Wildman–Crippen MR) is 121 cm³/mol. The van der Waals surface area contributed by atoms with Crippen molar-refractivity contribution in [2.45, 2.75) is 26.8 Å². The molecule has 1 heterocycles. The number of benzene rings is 2. The summed E-state index contributed by atoms with van der Waals surface area (Å²) in [5.41, 5.74) is 6.17. The molecule has 1 amide bonds. The lowest BCUT2D eigenvalue weighted by Gasteiger charge is -2.34. The quantitative estimate of drug-likeness (QED) is 0.512. The van der Waals surface area contributed by atoms with Crippen LogP contribution in [0.4, 0.5) is 0 Å². The van der Waals surface area contributed by atoms with Gasteiger partial charge in [0.15, 0.2) is 0 Å². The fourth-order valence-electron chi connectivity index (χ4n) is 3.34. The molecule has 0 saturated carbocycles. The average molecular weight is 409 g/mol. The van der Waals surface area contributed by atoms with Crippen LogP contribution in [0.3, 0.4) is 0 Å². The minimum atomic E-state index is -0.0823. The number of carbonyl (C=O) groups is 1. The van der Waals surface area contributed by atoms with Crippen molar-refractivity contribution in [2.75, 3.05) is 39.3 Å². The Hall–Kier alpha value is -2.70. The summed E-state index contributed by atoms with van der Waals surface area (Å²) in [6, 6.07) is 16.4. The van der Waals surface area contributed by atoms with Gasteiger partial charge in [0.2, 0.25) is 0 Å². The van der Waals surface area contributed by atoms with Gasteiger partial charge in [-0.25, -0.2) is 5.43 Å². The topological polar surface area (TPSA) is 57.2 Å². The lowest BCUT2D eigenvalue weighted by Crippen LogP contribution is -2.48. The van der Waals surface area contributed by atoms with E-state index >= 15 is 0 Å². The van der Waals surface area contributed by atoms with E-state index < -0.39 is 0 Å². The number of amides is 1. The standard InChI is InChI=1S/C24H32N4O2/c1-3-16-30-23-10-8-21(9-11-23)17-25-26-24(29)19-28-14-12-27(13-15-28)18-22-6-4-20(2)5-7-22/h4-11,17H,3,12-16,18-19H2,1-2H3,(H,26,29). The van der Waals surface area contributed by atoms with Crippen LogP contribution in [0.5, 0.6) is 5.75 Å². The molecule has 3 rings (SSSR count). The minimum absolute atomic E-state index is 0.0823. The van der Waals surface area contributed by atoms with E-state index in [2.05, 4.69) is 58.4 Å². The summed E-state index contributed by atoms with van der Waals surface area (Å²) in [5, 5.41) is 4.07. The smallest absolute Gasteiger partial charge is 0.254 e. The van der Waals surface area contributed by atoms with Gasteiger partial charge in [0.25, 0.3) is 5.91 Å². The SMILES string of the molecule is CCCOc1ccc(C=NNC(=O)CN2CCN(Cc3ccc(C)cc3)CC2)cc1. The van der Waals surface area contributed by atoms with Crippen molar-refractivity contribution in [2.24, 2.45) is 5.10 Å². The lowest BCUT2D eigenvalue weighted by atomic mass is 10.1. The van der Waals surface area contributed by atoms with Crippen molar-refractivity contribution in [1.82, 2.24) is 15.2 Å². The molecule has 0 unspecified atom stereocenters. The molecule has 30 heavy (non-hydrogen) atoms. The van der Waals surface area contributed by atoms with Crippen molar-refractivity contribution in [3.05, 3.63) is 65.2 Å². The number of nitrogens with one attached hydrogen (secondary N) is 1. The fourth-order valence-corrected chi connectivity index (χ4v) is 3.34. The van der Waals surface area contributed by atoms with E-state index in [0.29, 0.717) is 13.2 Å². The number of piperazine rings is 1. The van der Waals surface area contributed by atoms with Gasteiger partial charge in [0.1, 0.15) is 5.75 Å². The van der Waals surface area contributed by atoms with E-state index in [4.69, 9.17) is 4.74 Å². The molecule has 2 aromatic rings. The monoisotopic (exact) mass is 408 g/mol. The average Bonchev–Trinajstić information content (AvgIpc) is 2.76. The molecular formula is C24H32N4O2. The number of carbonyl (C=O) groups excluding carboxylic acids is 1. The molecule has 6 nitrogen and oxygen atoms in total. The number of rotatable bonds is 9. The van der Waals surface area contributed by atoms with E-state index in [-0.39, 0.29) is 5.91 Å². The van der Waals surface area contributed by atoms with E-state index in [1.54, 1.807) is 6.21 Å². The number of ether oxygens (including phenoxy) is 1. The van der Waals surface area contributed by atoms with E-state index in [9.17, 15) is 4.79 Å². The Morgan fingerprint density at radius 3 is 2.37 bits per heavy atom. The van der Waals surface area contributed by atoms with Gasteiger partial charge in [0, 0.05) is 32.7 Å². The third kappa shape index (κ3) is 7.28. The van der Waals surface area contributed by atoms with Gasteiger partial charge in [-0.05, 0) is 48.7 Å². The third-order valence-electron chi connectivity index (χ3n) is 5.11. The van der Waals surface area contributed by atoms with Gasteiger partial charge in [0.05, 0.1) is 19.4 Å². The Balaban J connectivity index is 1.35. The first-order valence-electron chi connectivity index (χ1n) is 10.7. The van der Waals surface area contributed by atoms with Gasteiger partial charge >= 0.3 is 0 Å². The van der Waals surface area contributed by atoms with Gasteiger partial charge in [-0.2, -0.15) is 5.10 Å². The van der Waals surface area contributed by atoms with Crippen LogP contribution >= 0.6 is 0 Å².